The summed E-state index contributed by atoms with van der Waals surface area (Å²) in [6, 6.07) is 0. The van der Waals surface area contributed by atoms with Gasteiger partial charge in [0.2, 0.25) is 5.91 Å². The predicted octanol–water partition coefficient (Wildman–Crippen LogP) is 1.56. The molecule has 1 amide bonds. The van der Waals surface area contributed by atoms with Gasteiger partial charge in [-0.3, -0.25) is 9.69 Å². The van der Waals surface area contributed by atoms with E-state index in [0.717, 1.165) is 39.0 Å². The van der Waals surface area contributed by atoms with Crippen LogP contribution < -0.4 is 5.32 Å². The lowest BCUT2D eigenvalue weighted by atomic mass is 9.86. The summed E-state index contributed by atoms with van der Waals surface area (Å²) in [4.78, 5) is 14.9. The summed E-state index contributed by atoms with van der Waals surface area (Å²) in [6.07, 6.45) is 7.02. The first-order chi connectivity index (χ1) is 10.7. The topological polar surface area (TPSA) is 50.8 Å². The molecule has 1 saturated carbocycles. The zero-order chi connectivity index (χ0) is 15.4. The second-order valence-electron chi connectivity index (χ2n) is 6.94. The molecule has 22 heavy (non-hydrogen) atoms. The van der Waals surface area contributed by atoms with Crippen molar-refractivity contribution in [3.8, 4) is 0 Å². The van der Waals surface area contributed by atoms with Crippen molar-refractivity contribution in [1.29, 1.82) is 0 Å². The minimum Gasteiger partial charge on any atom is -0.381 e. The molecule has 1 N–H and O–H groups in total. The monoisotopic (exact) mass is 310 g/mol. The Balaban J connectivity index is 1.55. The van der Waals surface area contributed by atoms with Crippen LogP contribution in [0.4, 0.5) is 0 Å². The maximum atomic E-state index is 12.3. The Bertz CT molecular complexity index is 376. The molecular weight excluding hydrogens is 280 g/mol. The average molecular weight is 310 g/mol. The minimum atomic E-state index is 0.0817. The normalized spacial score (nSPS) is 31.7. The molecule has 0 aromatic heterocycles. The van der Waals surface area contributed by atoms with E-state index < -0.39 is 0 Å². The van der Waals surface area contributed by atoms with Crippen molar-refractivity contribution >= 4 is 5.91 Å². The Hall–Kier alpha value is -0.650. The van der Waals surface area contributed by atoms with E-state index in [9.17, 15) is 4.79 Å². The standard InChI is InChI=1S/C17H30N2O3/c1-2-22-15-12-14(15)16(20)18-13-17(6-10-21-11-7-17)19-8-4-3-5-9-19/h14-15H,2-13H2,1H3,(H,18,20)/t14-,15-/m0/s1. The van der Waals surface area contributed by atoms with Gasteiger partial charge in [-0.15, -0.1) is 0 Å². The third-order valence-electron chi connectivity index (χ3n) is 5.49. The second-order valence-corrected chi connectivity index (χ2v) is 6.94. The molecule has 1 aliphatic carbocycles. The summed E-state index contributed by atoms with van der Waals surface area (Å²) >= 11 is 0. The summed E-state index contributed by atoms with van der Waals surface area (Å²) in [6.45, 7) is 7.42. The molecule has 5 heteroatoms. The summed E-state index contributed by atoms with van der Waals surface area (Å²) in [7, 11) is 0. The number of piperidine rings is 1. The molecule has 0 spiro atoms. The highest BCUT2D eigenvalue weighted by Crippen LogP contribution is 2.35. The maximum Gasteiger partial charge on any atom is 0.225 e. The van der Waals surface area contributed by atoms with Crippen molar-refractivity contribution in [2.45, 2.75) is 57.1 Å². The van der Waals surface area contributed by atoms with Crippen LogP contribution in [0.1, 0.15) is 45.4 Å². The van der Waals surface area contributed by atoms with Gasteiger partial charge in [0, 0.05) is 31.9 Å². The highest BCUT2D eigenvalue weighted by atomic mass is 16.5. The lowest BCUT2D eigenvalue weighted by Gasteiger charge is -2.48. The van der Waals surface area contributed by atoms with E-state index in [2.05, 4.69) is 10.2 Å². The Morgan fingerprint density at radius 3 is 2.68 bits per heavy atom. The van der Waals surface area contributed by atoms with Crippen LogP contribution in [0.5, 0.6) is 0 Å². The van der Waals surface area contributed by atoms with Gasteiger partial charge in [0.25, 0.3) is 0 Å². The number of likely N-dealkylation sites (tertiary alicyclic amines) is 1. The Labute approximate surface area is 133 Å². The molecule has 0 radical (unpaired) electrons. The Morgan fingerprint density at radius 1 is 1.27 bits per heavy atom. The van der Waals surface area contributed by atoms with E-state index in [-0.39, 0.29) is 23.5 Å². The number of ether oxygens (including phenoxy) is 2. The van der Waals surface area contributed by atoms with Gasteiger partial charge in [-0.2, -0.15) is 0 Å². The summed E-state index contributed by atoms with van der Waals surface area (Å²) in [5.41, 5.74) is 0.115. The third kappa shape index (κ3) is 3.63. The van der Waals surface area contributed by atoms with E-state index in [1.807, 2.05) is 6.92 Å². The van der Waals surface area contributed by atoms with Crippen molar-refractivity contribution in [2.24, 2.45) is 5.92 Å². The van der Waals surface area contributed by atoms with Crippen LogP contribution >= 0.6 is 0 Å². The van der Waals surface area contributed by atoms with Crippen molar-refractivity contribution in [3.05, 3.63) is 0 Å². The molecule has 2 saturated heterocycles. The summed E-state index contributed by atoms with van der Waals surface area (Å²) in [5.74, 6) is 0.263. The number of carbonyl (C=O) groups is 1. The van der Waals surface area contributed by atoms with E-state index in [1.54, 1.807) is 0 Å². The number of hydrogen-bond donors (Lipinski definition) is 1. The number of amides is 1. The first-order valence-electron chi connectivity index (χ1n) is 8.97. The average Bonchev–Trinajstić information content (AvgIpc) is 3.34. The Morgan fingerprint density at radius 2 is 2.00 bits per heavy atom. The quantitative estimate of drug-likeness (QED) is 0.809. The molecular formula is C17H30N2O3. The van der Waals surface area contributed by atoms with Crippen LogP contribution in [-0.4, -0.2) is 61.9 Å². The SMILES string of the molecule is CCO[C@H]1C[C@@H]1C(=O)NCC1(N2CCCCC2)CCOCC1. The van der Waals surface area contributed by atoms with E-state index in [0.29, 0.717) is 6.61 Å². The van der Waals surface area contributed by atoms with E-state index in [4.69, 9.17) is 9.47 Å². The van der Waals surface area contributed by atoms with Gasteiger partial charge in [-0.25, -0.2) is 0 Å². The highest BCUT2D eigenvalue weighted by molar-refractivity contribution is 5.82. The van der Waals surface area contributed by atoms with Crippen LogP contribution in [0.25, 0.3) is 0 Å². The van der Waals surface area contributed by atoms with Crippen LogP contribution in [0, 0.1) is 5.92 Å². The number of rotatable bonds is 6. The first kappa shape index (κ1) is 16.2. The molecule has 2 aliphatic heterocycles. The Kier molecular flexibility index (Phi) is 5.37. The predicted molar refractivity (Wildman–Crippen MR) is 84.7 cm³/mol. The maximum absolute atomic E-state index is 12.3. The van der Waals surface area contributed by atoms with Gasteiger partial charge in [0.1, 0.15) is 0 Å². The van der Waals surface area contributed by atoms with Gasteiger partial charge >= 0.3 is 0 Å². The molecule has 2 heterocycles. The first-order valence-corrected chi connectivity index (χ1v) is 8.97. The highest BCUT2D eigenvalue weighted by Gasteiger charge is 2.45. The van der Waals surface area contributed by atoms with Crippen molar-refractivity contribution < 1.29 is 14.3 Å². The lowest BCUT2D eigenvalue weighted by Crippen LogP contribution is -2.59. The van der Waals surface area contributed by atoms with Crippen LogP contribution in [0.15, 0.2) is 0 Å². The molecule has 2 atom stereocenters. The molecule has 0 bridgehead atoms. The fourth-order valence-corrected chi connectivity index (χ4v) is 3.95. The smallest absolute Gasteiger partial charge is 0.225 e. The van der Waals surface area contributed by atoms with Gasteiger partial charge < -0.3 is 14.8 Å². The van der Waals surface area contributed by atoms with Crippen molar-refractivity contribution in [2.75, 3.05) is 39.5 Å². The molecule has 0 aromatic carbocycles. The second kappa shape index (κ2) is 7.28. The van der Waals surface area contributed by atoms with Crippen LogP contribution in [-0.2, 0) is 14.3 Å². The van der Waals surface area contributed by atoms with Crippen molar-refractivity contribution in [1.82, 2.24) is 10.2 Å². The van der Waals surface area contributed by atoms with E-state index >= 15 is 0 Å². The zero-order valence-corrected chi connectivity index (χ0v) is 13.8. The minimum absolute atomic E-state index is 0.0817. The number of hydrogen-bond acceptors (Lipinski definition) is 4. The van der Waals surface area contributed by atoms with Crippen LogP contribution in [0.3, 0.4) is 0 Å². The number of nitrogens with zero attached hydrogens (tertiary/aromatic N) is 1. The fourth-order valence-electron chi connectivity index (χ4n) is 3.95. The number of carbonyl (C=O) groups excluding carboxylic acids is 1. The molecule has 3 rings (SSSR count). The lowest BCUT2D eigenvalue weighted by molar-refractivity contribution is -0.124. The molecule has 126 valence electrons. The van der Waals surface area contributed by atoms with Gasteiger partial charge in [-0.1, -0.05) is 6.42 Å². The van der Waals surface area contributed by atoms with Crippen molar-refractivity contribution in [3.63, 3.8) is 0 Å². The molecule has 5 nitrogen and oxygen atoms in total. The fraction of sp³-hybridized carbons (Fsp3) is 0.941. The van der Waals surface area contributed by atoms with E-state index in [1.165, 1.54) is 32.4 Å². The molecule has 3 fully saturated rings. The molecule has 0 unspecified atom stereocenters. The van der Waals surface area contributed by atoms with Crippen LogP contribution in [0.2, 0.25) is 0 Å². The zero-order valence-electron chi connectivity index (χ0n) is 13.8. The largest absolute Gasteiger partial charge is 0.381 e. The molecule has 0 aromatic rings. The van der Waals surface area contributed by atoms with Gasteiger partial charge in [0.05, 0.1) is 12.0 Å². The summed E-state index contributed by atoms with van der Waals surface area (Å²) in [5, 5.41) is 3.22. The third-order valence-corrected chi connectivity index (χ3v) is 5.49. The molecule has 3 aliphatic rings. The number of nitrogens with one attached hydrogen (secondary N) is 1. The van der Waals surface area contributed by atoms with Gasteiger partial charge in [-0.05, 0) is 52.1 Å². The van der Waals surface area contributed by atoms with Gasteiger partial charge in [0.15, 0.2) is 0 Å². The summed E-state index contributed by atoms with van der Waals surface area (Å²) < 4.78 is 11.1.